The Labute approximate surface area is 81.2 Å². The van der Waals surface area contributed by atoms with Crippen LogP contribution in [0.2, 0.25) is 0 Å². The molecule has 1 rings (SSSR count). The van der Waals surface area contributed by atoms with E-state index in [2.05, 4.69) is 11.8 Å². The van der Waals surface area contributed by atoms with Gasteiger partial charge in [-0.25, -0.2) is 0 Å². The standard InChI is InChI=1S/C6H9NS.C2H5NO2/c1-5(7)6-3-2-4-8-6;3-1-2(4)5/h2-5H,7H2,1H3;1,3H2,(H,4,5). The van der Waals surface area contributed by atoms with Crippen LogP contribution >= 0.6 is 11.3 Å². The Balaban J connectivity index is 0.000000252. The molecule has 74 valence electrons. The maximum Gasteiger partial charge on any atom is 0.317 e. The van der Waals surface area contributed by atoms with E-state index >= 15 is 0 Å². The highest BCUT2D eigenvalue weighted by atomic mass is 32.1. The van der Waals surface area contributed by atoms with Crippen molar-refractivity contribution in [1.82, 2.24) is 0 Å². The summed E-state index contributed by atoms with van der Waals surface area (Å²) in [6.07, 6.45) is 0. The molecule has 1 unspecified atom stereocenters. The van der Waals surface area contributed by atoms with E-state index in [9.17, 15) is 4.79 Å². The van der Waals surface area contributed by atoms with Crippen molar-refractivity contribution in [2.75, 3.05) is 6.54 Å². The third-order valence-corrected chi connectivity index (χ3v) is 2.24. The zero-order chi connectivity index (χ0) is 10.3. The first-order chi connectivity index (χ1) is 6.07. The molecule has 0 aliphatic heterocycles. The molecule has 1 atom stereocenters. The van der Waals surface area contributed by atoms with E-state index in [4.69, 9.17) is 10.8 Å². The Morgan fingerprint density at radius 1 is 1.77 bits per heavy atom. The minimum atomic E-state index is -0.968. The smallest absolute Gasteiger partial charge is 0.317 e. The molecule has 1 heterocycles. The number of thiophene rings is 1. The summed E-state index contributed by atoms with van der Waals surface area (Å²) in [5, 5.41) is 9.64. The largest absolute Gasteiger partial charge is 0.480 e. The summed E-state index contributed by atoms with van der Waals surface area (Å²) < 4.78 is 0. The molecule has 4 nitrogen and oxygen atoms in total. The molecular weight excluding hydrogens is 188 g/mol. The number of carboxylic acids is 1. The Morgan fingerprint density at radius 2 is 2.31 bits per heavy atom. The van der Waals surface area contributed by atoms with Crippen LogP contribution < -0.4 is 11.5 Å². The quantitative estimate of drug-likeness (QED) is 0.661. The van der Waals surface area contributed by atoms with Gasteiger partial charge >= 0.3 is 5.97 Å². The van der Waals surface area contributed by atoms with Crippen molar-refractivity contribution in [2.45, 2.75) is 13.0 Å². The highest BCUT2D eigenvalue weighted by Crippen LogP contribution is 2.14. The van der Waals surface area contributed by atoms with Gasteiger partial charge in [0.2, 0.25) is 0 Å². The van der Waals surface area contributed by atoms with Crippen LogP contribution in [0.5, 0.6) is 0 Å². The number of nitrogens with two attached hydrogens (primary N) is 2. The van der Waals surface area contributed by atoms with Gasteiger partial charge in [0.25, 0.3) is 0 Å². The predicted octanol–water partition coefficient (Wildman–Crippen LogP) is 0.798. The molecule has 13 heavy (non-hydrogen) atoms. The fraction of sp³-hybridized carbons (Fsp3) is 0.375. The molecule has 0 aliphatic rings. The maximum atomic E-state index is 9.24. The van der Waals surface area contributed by atoms with Crippen LogP contribution in [0.1, 0.15) is 17.8 Å². The fourth-order valence-electron chi connectivity index (χ4n) is 0.550. The van der Waals surface area contributed by atoms with E-state index in [0.29, 0.717) is 0 Å². The third kappa shape index (κ3) is 6.27. The summed E-state index contributed by atoms with van der Waals surface area (Å²) in [4.78, 5) is 10.5. The van der Waals surface area contributed by atoms with Crippen LogP contribution in [0.4, 0.5) is 0 Å². The van der Waals surface area contributed by atoms with Crippen LogP contribution in [0.15, 0.2) is 17.5 Å². The molecule has 0 aliphatic carbocycles. The van der Waals surface area contributed by atoms with Gasteiger partial charge in [-0.1, -0.05) is 6.07 Å². The summed E-state index contributed by atoms with van der Waals surface area (Å²) in [5.74, 6) is -0.968. The first-order valence-electron chi connectivity index (χ1n) is 3.78. The van der Waals surface area contributed by atoms with Crippen LogP contribution in [0.3, 0.4) is 0 Å². The monoisotopic (exact) mass is 202 g/mol. The van der Waals surface area contributed by atoms with Crippen molar-refractivity contribution in [2.24, 2.45) is 11.5 Å². The third-order valence-electron chi connectivity index (χ3n) is 1.17. The molecule has 5 N–H and O–H groups in total. The second-order valence-corrected chi connectivity index (χ2v) is 3.38. The van der Waals surface area contributed by atoms with Crippen molar-refractivity contribution < 1.29 is 9.90 Å². The first-order valence-corrected chi connectivity index (χ1v) is 4.66. The van der Waals surface area contributed by atoms with Gasteiger partial charge in [0.15, 0.2) is 0 Å². The summed E-state index contributed by atoms with van der Waals surface area (Å²) >= 11 is 1.71. The van der Waals surface area contributed by atoms with Crippen molar-refractivity contribution in [3.63, 3.8) is 0 Å². The Hall–Kier alpha value is -0.910. The SMILES string of the molecule is CC(N)c1cccs1.NCC(=O)O. The summed E-state index contributed by atoms with van der Waals surface area (Å²) in [7, 11) is 0. The maximum absolute atomic E-state index is 9.24. The second-order valence-electron chi connectivity index (χ2n) is 2.40. The van der Waals surface area contributed by atoms with E-state index in [1.807, 2.05) is 18.4 Å². The lowest BCUT2D eigenvalue weighted by molar-refractivity contribution is -0.135. The van der Waals surface area contributed by atoms with Gasteiger partial charge in [-0.2, -0.15) is 0 Å². The molecule has 1 aromatic rings. The van der Waals surface area contributed by atoms with E-state index in [1.54, 1.807) is 11.3 Å². The molecule has 0 fully saturated rings. The van der Waals surface area contributed by atoms with E-state index in [0.717, 1.165) is 0 Å². The van der Waals surface area contributed by atoms with Gasteiger partial charge in [-0.3, -0.25) is 4.79 Å². The Bertz CT molecular complexity index is 234. The van der Waals surface area contributed by atoms with Crippen LogP contribution in [0, 0.1) is 0 Å². The molecule has 0 saturated heterocycles. The van der Waals surface area contributed by atoms with Crippen molar-refractivity contribution in [1.29, 1.82) is 0 Å². The summed E-state index contributed by atoms with van der Waals surface area (Å²) in [6, 6.07) is 4.27. The lowest BCUT2D eigenvalue weighted by Crippen LogP contribution is -2.10. The number of rotatable bonds is 2. The minimum Gasteiger partial charge on any atom is -0.480 e. The van der Waals surface area contributed by atoms with Gasteiger partial charge in [-0.15, -0.1) is 11.3 Å². The number of hydrogen-bond acceptors (Lipinski definition) is 4. The number of hydrogen-bond donors (Lipinski definition) is 3. The Morgan fingerprint density at radius 3 is 2.46 bits per heavy atom. The van der Waals surface area contributed by atoms with Crippen molar-refractivity contribution >= 4 is 17.3 Å². The number of carboxylic acid groups (broad SMARTS) is 1. The predicted molar refractivity (Wildman–Crippen MR) is 53.6 cm³/mol. The summed E-state index contributed by atoms with van der Waals surface area (Å²) in [6.45, 7) is 1.71. The topological polar surface area (TPSA) is 89.3 Å². The van der Waals surface area contributed by atoms with Crippen LogP contribution in [-0.2, 0) is 4.79 Å². The average molecular weight is 202 g/mol. The van der Waals surface area contributed by atoms with Gasteiger partial charge in [-0.05, 0) is 18.4 Å². The van der Waals surface area contributed by atoms with E-state index in [1.165, 1.54) is 4.88 Å². The summed E-state index contributed by atoms with van der Waals surface area (Å²) in [5.41, 5.74) is 10.1. The lowest BCUT2D eigenvalue weighted by atomic mass is 10.3. The van der Waals surface area contributed by atoms with E-state index < -0.39 is 5.97 Å². The highest BCUT2D eigenvalue weighted by Gasteiger charge is 1.96. The molecule has 0 bridgehead atoms. The zero-order valence-corrected chi connectivity index (χ0v) is 8.25. The molecular formula is C8H14N2O2S. The normalized spacial score (nSPS) is 11.3. The molecule has 5 heteroatoms. The van der Waals surface area contributed by atoms with Crippen molar-refractivity contribution in [3.8, 4) is 0 Å². The minimum absolute atomic E-state index is 0.204. The lowest BCUT2D eigenvalue weighted by Gasteiger charge is -1.96. The molecule has 0 radical (unpaired) electrons. The molecule has 0 saturated carbocycles. The molecule has 0 spiro atoms. The van der Waals surface area contributed by atoms with E-state index in [-0.39, 0.29) is 12.6 Å². The number of carbonyl (C=O) groups is 1. The van der Waals surface area contributed by atoms with Gasteiger partial charge < -0.3 is 16.6 Å². The van der Waals surface area contributed by atoms with Gasteiger partial charge in [0, 0.05) is 10.9 Å². The first kappa shape index (κ1) is 12.1. The molecule has 1 aromatic heterocycles. The Kier molecular flexibility index (Phi) is 6.13. The molecule has 0 aromatic carbocycles. The van der Waals surface area contributed by atoms with Crippen LogP contribution in [-0.4, -0.2) is 17.6 Å². The van der Waals surface area contributed by atoms with Gasteiger partial charge in [0.05, 0.1) is 6.54 Å². The average Bonchev–Trinajstić information content (AvgIpc) is 2.57. The van der Waals surface area contributed by atoms with Gasteiger partial charge in [0.1, 0.15) is 0 Å². The fourth-order valence-corrected chi connectivity index (χ4v) is 1.24. The highest BCUT2D eigenvalue weighted by molar-refractivity contribution is 7.10. The van der Waals surface area contributed by atoms with Crippen LogP contribution in [0.25, 0.3) is 0 Å². The van der Waals surface area contributed by atoms with Crippen molar-refractivity contribution in [3.05, 3.63) is 22.4 Å². The number of aliphatic carboxylic acids is 1. The second kappa shape index (κ2) is 6.59. The zero-order valence-electron chi connectivity index (χ0n) is 7.43. The molecule has 0 amide bonds.